The second-order valence-electron chi connectivity index (χ2n) is 14.7. The fourth-order valence-corrected chi connectivity index (χ4v) is 6.51. The fourth-order valence-electron chi connectivity index (χ4n) is 6.51. The Bertz CT molecular complexity index is 1600. The van der Waals surface area contributed by atoms with Gasteiger partial charge in [-0.15, -0.1) is 0 Å². The average molecular weight is 619 g/mol. The largest absolute Gasteiger partial charge is 0.494 e. The van der Waals surface area contributed by atoms with Crippen molar-refractivity contribution in [2.75, 3.05) is 6.61 Å². The highest BCUT2D eigenvalue weighted by atomic mass is 16.7. The molecule has 2 saturated carbocycles. The molecule has 1 saturated heterocycles. The van der Waals surface area contributed by atoms with Crippen LogP contribution in [0.5, 0.6) is 11.5 Å². The number of carbonyl (C=O) groups is 2. The monoisotopic (exact) mass is 618 g/mol. The van der Waals surface area contributed by atoms with Crippen LogP contribution in [0, 0.1) is 5.41 Å². The summed E-state index contributed by atoms with van der Waals surface area (Å²) < 4.78 is 26.0. The summed E-state index contributed by atoms with van der Waals surface area (Å²) >= 11 is 0. The predicted octanol–water partition coefficient (Wildman–Crippen LogP) is 2.93. The molecule has 1 aromatic carbocycles. The number of benzene rings is 1. The Balaban J connectivity index is 1.000. The lowest BCUT2D eigenvalue weighted by molar-refractivity contribution is -0.126. The van der Waals surface area contributed by atoms with Gasteiger partial charge < -0.3 is 34.9 Å². The molecule has 12 heteroatoms. The maximum Gasteiger partial charge on any atom is 0.494 e. The van der Waals surface area contributed by atoms with E-state index in [1.807, 2.05) is 39.8 Å². The van der Waals surface area contributed by atoms with Crippen molar-refractivity contribution in [3.05, 3.63) is 53.9 Å². The van der Waals surface area contributed by atoms with Crippen molar-refractivity contribution >= 4 is 29.9 Å². The molecule has 3 aliphatic rings. The van der Waals surface area contributed by atoms with Gasteiger partial charge in [0.05, 0.1) is 52.8 Å². The first-order valence-electron chi connectivity index (χ1n) is 15.6. The van der Waals surface area contributed by atoms with Crippen LogP contribution in [-0.2, 0) is 20.5 Å². The van der Waals surface area contributed by atoms with Crippen LogP contribution in [-0.4, -0.2) is 69.2 Å². The van der Waals surface area contributed by atoms with E-state index >= 15 is 0 Å². The lowest BCUT2D eigenvalue weighted by Gasteiger charge is -2.57. The van der Waals surface area contributed by atoms with Crippen LogP contribution in [0.4, 0.5) is 0 Å². The molecule has 45 heavy (non-hydrogen) atoms. The number of aromatic nitrogens is 2. The summed E-state index contributed by atoms with van der Waals surface area (Å²) in [6, 6.07) is 9.09. The quantitative estimate of drug-likeness (QED) is 0.294. The van der Waals surface area contributed by atoms with E-state index in [-0.39, 0.29) is 36.5 Å². The van der Waals surface area contributed by atoms with Gasteiger partial charge in [0.2, 0.25) is 5.91 Å². The molecule has 0 unspecified atom stereocenters. The van der Waals surface area contributed by atoms with Crippen LogP contribution >= 0.6 is 0 Å². The van der Waals surface area contributed by atoms with E-state index in [1.54, 1.807) is 49.0 Å². The van der Waals surface area contributed by atoms with Crippen molar-refractivity contribution in [3.63, 3.8) is 0 Å². The molecule has 1 aliphatic heterocycles. The number of carbonyl (C=O) groups excluding carboxylic acids is 2. The zero-order chi connectivity index (χ0) is 32.4. The Kier molecular flexibility index (Phi) is 7.69. The number of hydrogen-bond acceptors (Lipinski definition) is 8. The molecule has 2 aromatic heterocycles. The summed E-state index contributed by atoms with van der Waals surface area (Å²) in [6.07, 6.45) is 7.13. The highest BCUT2D eigenvalue weighted by molar-refractivity contribution is 6.62. The van der Waals surface area contributed by atoms with Gasteiger partial charge in [0, 0.05) is 11.6 Å². The van der Waals surface area contributed by atoms with Crippen molar-refractivity contribution in [2.24, 2.45) is 11.1 Å². The van der Waals surface area contributed by atoms with E-state index in [4.69, 9.17) is 24.5 Å². The third-order valence-corrected chi connectivity index (χ3v) is 9.65. The Morgan fingerprint density at radius 2 is 1.80 bits per heavy atom. The number of ether oxygens (including phenoxy) is 2. The minimum atomic E-state index is -0.938. The molecule has 1 spiro atoms. The number of pyridine rings is 1. The van der Waals surface area contributed by atoms with Crippen molar-refractivity contribution in [2.45, 2.75) is 103 Å². The zero-order valence-corrected chi connectivity index (χ0v) is 26.9. The van der Waals surface area contributed by atoms with E-state index in [1.165, 1.54) is 0 Å². The van der Waals surface area contributed by atoms with Gasteiger partial charge >= 0.3 is 7.12 Å². The summed E-state index contributed by atoms with van der Waals surface area (Å²) in [5, 5.41) is 17.4. The number of primary amides is 1. The Hall–Kier alpha value is -3.61. The van der Waals surface area contributed by atoms with E-state index in [2.05, 4.69) is 10.4 Å². The molecule has 4 N–H and O–H groups in total. The molecule has 3 aromatic rings. The van der Waals surface area contributed by atoms with Crippen LogP contribution in [0.25, 0.3) is 5.52 Å². The van der Waals surface area contributed by atoms with E-state index in [0.717, 1.165) is 42.2 Å². The molecule has 2 aliphatic carbocycles. The summed E-state index contributed by atoms with van der Waals surface area (Å²) in [4.78, 5) is 25.1. The normalized spacial score (nSPS) is 25.1. The topological polar surface area (TPSA) is 147 Å². The maximum absolute atomic E-state index is 12.9. The molecular weight excluding hydrogens is 575 g/mol. The number of hydrogen-bond donors (Lipinski definition) is 3. The molecule has 240 valence electrons. The van der Waals surface area contributed by atoms with E-state index < -0.39 is 29.8 Å². The highest BCUT2D eigenvalue weighted by Crippen LogP contribution is 2.57. The number of aliphatic hydroxyl groups is 1. The second-order valence-corrected chi connectivity index (χ2v) is 14.7. The van der Waals surface area contributed by atoms with Crippen molar-refractivity contribution < 1.29 is 33.5 Å². The lowest BCUT2D eigenvalue weighted by Crippen LogP contribution is -2.59. The first-order chi connectivity index (χ1) is 21.0. The second kappa shape index (κ2) is 11.0. The van der Waals surface area contributed by atoms with Gasteiger partial charge in [-0.25, -0.2) is 4.52 Å². The molecule has 0 bridgehead atoms. The minimum Gasteiger partial charge on any atom is -0.490 e. The third kappa shape index (κ3) is 6.41. The smallest absolute Gasteiger partial charge is 0.490 e. The molecule has 2 amide bonds. The third-order valence-electron chi connectivity index (χ3n) is 9.65. The number of rotatable bonds is 10. The van der Waals surface area contributed by atoms with Crippen LogP contribution in [0.2, 0.25) is 0 Å². The Morgan fingerprint density at radius 3 is 2.44 bits per heavy atom. The average Bonchev–Trinajstić information content (AvgIpc) is 3.39. The van der Waals surface area contributed by atoms with Gasteiger partial charge in [-0.1, -0.05) is 6.07 Å². The Morgan fingerprint density at radius 1 is 1.11 bits per heavy atom. The molecule has 11 nitrogen and oxygen atoms in total. The van der Waals surface area contributed by atoms with Crippen molar-refractivity contribution in [1.82, 2.24) is 14.9 Å². The van der Waals surface area contributed by atoms with Gasteiger partial charge in [0.25, 0.3) is 5.91 Å². The zero-order valence-electron chi connectivity index (χ0n) is 26.9. The number of fused-ring (bicyclic) bond motifs is 1. The number of nitrogens with two attached hydrogens (primary N) is 1. The molecule has 6 rings (SSSR count). The number of nitrogens with one attached hydrogen (secondary N) is 1. The maximum atomic E-state index is 12.9. The van der Waals surface area contributed by atoms with Crippen LogP contribution < -0.4 is 26.0 Å². The highest BCUT2D eigenvalue weighted by Gasteiger charge is 2.55. The van der Waals surface area contributed by atoms with Crippen molar-refractivity contribution in [1.29, 1.82) is 0 Å². The fraction of sp³-hybridized carbons (Fsp3) is 0.545. The molecule has 0 atom stereocenters. The van der Waals surface area contributed by atoms with Gasteiger partial charge in [-0.05, 0) is 102 Å². The van der Waals surface area contributed by atoms with Crippen LogP contribution in [0.3, 0.4) is 0 Å². The summed E-state index contributed by atoms with van der Waals surface area (Å²) in [5.74, 6) is 0.458. The van der Waals surface area contributed by atoms with E-state index in [9.17, 15) is 14.7 Å². The Labute approximate surface area is 263 Å². The molecular formula is C33H43BN4O7. The van der Waals surface area contributed by atoms with Crippen molar-refractivity contribution in [3.8, 4) is 11.5 Å². The number of amides is 2. The molecule has 3 fully saturated rings. The van der Waals surface area contributed by atoms with E-state index in [0.29, 0.717) is 17.1 Å². The SMILES string of the molecule is CC(C)(O)COc1ccc2c(CC(=O)NC3CC4(C3)CC(Oc3cc(B5OC(C)(C)C(C)(C)O5)ccc3C(N)=O)C4)cnn2c1. The predicted molar refractivity (Wildman–Crippen MR) is 169 cm³/mol. The van der Waals surface area contributed by atoms with Gasteiger partial charge in [0.1, 0.15) is 18.1 Å². The summed E-state index contributed by atoms with van der Waals surface area (Å²) in [6.45, 7) is 11.5. The number of nitrogens with zero attached hydrogens (tertiary/aromatic N) is 2. The molecule has 3 heterocycles. The van der Waals surface area contributed by atoms with Gasteiger partial charge in [-0.2, -0.15) is 5.10 Å². The summed E-state index contributed by atoms with van der Waals surface area (Å²) in [5.41, 5.74) is 6.68. The van der Waals surface area contributed by atoms with Gasteiger partial charge in [-0.3, -0.25) is 9.59 Å². The van der Waals surface area contributed by atoms with Crippen LogP contribution in [0.15, 0.2) is 42.7 Å². The molecule has 0 radical (unpaired) electrons. The minimum absolute atomic E-state index is 0.0372. The first-order valence-corrected chi connectivity index (χ1v) is 15.6. The van der Waals surface area contributed by atoms with Crippen LogP contribution in [0.1, 0.15) is 83.1 Å². The lowest BCUT2D eigenvalue weighted by atomic mass is 9.53. The summed E-state index contributed by atoms with van der Waals surface area (Å²) in [7, 11) is -0.570. The standard InChI is InChI=1S/C33H43BN4O7/c1-30(2,41)19-42-23-8-10-26-20(17-36-38(26)18-23)11-28(39)37-22-13-33(14-22)15-24(16-33)43-27-12-21(7-9-25(27)29(35)40)34-44-31(3,4)32(5,6)45-34/h7-10,12,17-18,22,24,41H,11,13-16,19H2,1-6H3,(H2,35,40)(H,37,39). The first kappa shape index (κ1) is 31.4. The van der Waals surface area contributed by atoms with Gasteiger partial charge in [0.15, 0.2) is 0 Å².